The molecule has 130 valence electrons. The minimum absolute atomic E-state index is 0.0592. The van der Waals surface area contributed by atoms with Crippen LogP contribution >= 0.6 is 0 Å². The molecule has 0 saturated heterocycles. The molecule has 0 aromatic heterocycles. The molecule has 0 aliphatic carbocycles. The number of Topliss-reactive ketones (excluding diaryl/α,β-unsaturated/α-hetero) is 1. The Hall–Kier alpha value is -3.72. The summed E-state index contributed by atoms with van der Waals surface area (Å²) in [6, 6.07) is 14.9. The summed E-state index contributed by atoms with van der Waals surface area (Å²) in [5, 5.41) is 14.1. The van der Waals surface area contributed by atoms with E-state index in [0.717, 1.165) is 0 Å². The standard InChI is InChI=1S/C20H17N3O3/c1-13(10-19(25)22-18-5-3-4-15(11-18)12-21)20(26)23-17-8-6-16(7-9-17)14(2)24/h3-11H,1-2H3,(H,22,25)(H,23,26)/b13-10-. The minimum Gasteiger partial charge on any atom is -0.322 e. The summed E-state index contributed by atoms with van der Waals surface area (Å²) < 4.78 is 0. The number of nitrogens with one attached hydrogen (secondary N) is 2. The number of benzene rings is 2. The highest BCUT2D eigenvalue weighted by Crippen LogP contribution is 2.12. The van der Waals surface area contributed by atoms with Gasteiger partial charge < -0.3 is 10.6 Å². The largest absolute Gasteiger partial charge is 0.322 e. The molecule has 0 saturated carbocycles. The molecule has 0 fully saturated rings. The Kier molecular flexibility index (Phi) is 6.01. The SMILES string of the molecule is CC(=O)c1ccc(NC(=O)/C(C)=C\C(=O)Nc2cccc(C#N)c2)cc1. The smallest absolute Gasteiger partial charge is 0.251 e. The van der Waals surface area contributed by atoms with Crippen molar-refractivity contribution in [1.82, 2.24) is 0 Å². The first-order chi connectivity index (χ1) is 12.4. The number of nitrogens with zero attached hydrogens (tertiary/aromatic N) is 1. The number of nitriles is 1. The molecule has 0 aliphatic heterocycles. The molecule has 2 aromatic carbocycles. The fourth-order valence-electron chi connectivity index (χ4n) is 2.12. The van der Waals surface area contributed by atoms with Crippen LogP contribution in [-0.2, 0) is 9.59 Å². The normalized spacial score (nSPS) is 10.6. The Balaban J connectivity index is 2.00. The van der Waals surface area contributed by atoms with Crippen LogP contribution in [0.2, 0.25) is 0 Å². The summed E-state index contributed by atoms with van der Waals surface area (Å²) >= 11 is 0. The monoisotopic (exact) mass is 347 g/mol. The van der Waals surface area contributed by atoms with E-state index in [9.17, 15) is 14.4 Å². The Bertz CT molecular complexity index is 922. The fraction of sp³-hybridized carbons (Fsp3) is 0.100. The molecule has 2 aromatic rings. The van der Waals surface area contributed by atoms with Crippen LogP contribution in [0.5, 0.6) is 0 Å². The van der Waals surface area contributed by atoms with Gasteiger partial charge in [0.25, 0.3) is 5.91 Å². The van der Waals surface area contributed by atoms with Crippen molar-refractivity contribution in [2.24, 2.45) is 0 Å². The highest BCUT2D eigenvalue weighted by atomic mass is 16.2. The maximum atomic E-state index is 12.2. The molecule has 0 bridgehead atoms. The second-order valence-electron chi connectivity index (χ2n) is 5.60. The predicted octanol–water partition coefficient (Wildman–Crippen LogP) is 3.28. The third kappa shape index (κ3) is 5.14. The summed E-state index contributed by atoms with van der Waals surface area (Å²) in [7, 11) is 0. The first kappa shape index (κ1) is 18.6. The van der Waals surface area contributed by atoms with E-state index in [1.165, 1.54) is 26.0 Å². The fourth-order valence-corrected chi connectivity index (χ4v) is 2.12. The lowest BCUT2D eigenvalue weighted by Gasteiger charge is -2.07. The predicted molar refractivity (Wildman–Crippen MR) is 98.6 cm³/mol. The topological polar surface area (TPSA) is 99.1 Å². The van der Waals surface area contributed by atoms with Gasteiger partial charge in [0, 0.05) is 28.6 Å². The Morgan fingerprint density at radius 2 is 1.65 bits per heavy atom. The number of carbonyl (C=O) groups excluding carboxylic acids is 3. The number of rotatable bonds is 5. The number of anilines is 2. The van der Waals surface area contributed by atoms with Gasteiger partial charge in [0.1, 0.15) is 0 Å². The zero-order chi connectivity index (χ0) is 19.1. The van der Waals surface area contributed by atoms with Gasteiger partial charge in [-0.25, -0.2) is 0 Å². The van der Waals surface area contributed by atoms with Crippen LogP contribution in [0.25, 0.3) is 0 Å². The van der Waals surface area contributed by atoms with E-state index in [1.54, 1.807) is 42.5 Å². The number of hydrogen-bond acceptors (Lipinski definition) is 4. The van der Waals surface area contributed by atoms with Crippen molar-refractivity contribution in [2.75, 3.05) is 10.6 Å². The van der Waals surface area contributed by atoms with Crippen molar-refractivity contribution in [3.8, 4) is 6.07 Å². The molecule has 2 amide bonds. The minimum atomic E-state index is -0.473. The van der Waals surface area contributed by atoms with Crippen molar-refractivity contribution in [2.45, 2.75) is 13.8 Å². The molecule has 6 nitrogen and oxygen atoms in total. The lowest BCUT2D eigenvalue weighted by atomic mass is 10.1. The van der Waals surface area contributed by atoms with E-state index in [-0.39, 0.29) is 11.4 Å². The van der Waals surface area contributed by atoms with Gasteiger partial charge in [-0.15, -0.1) is 0 Å². The summed E-state index contributed by atoms with van der Waals surface area (Å²) in [5.41, 5.74) is 2.19. The second kappa shape index (κ2) is 8.40. The van der Waals surface area contributed by atoms with Crippen LogP contribution in [0, 0.1) is 11.3 Å². The quantitative estimate of drug-likeness (QED) is 0.640. The third-order valence-electron chi connectivity index (χ3n) is 3.51. The number of carbonyl (C=O) groups is 3. The molecule has 0 spiro atoms. The van der Waals surface area contributed by atoms with Gasteiger partial charge in [0.15, 0.2) is 5.78 Å². The maximum Gasteiger partial charge on any atom is 0.251 e. The number of hydrogen-bond donors (Lipinski definition) is 2. The van der Waals surface area contributed by atoms with Crippen LogP contribution in [0.15, 0.2) is 60.2 Å². The van der Waals surface area contributed by atoms with Crippen LogP contribution in [0.3, 0.4) is 0 Å². The van der Waals surface area contributed by atoms with Gasteiger partial charge >= 0.3 is 0 Å². The molecular formula is C20H17N3O3. The van der Waals surface area contributed by atoms with Gasteiger partial charge in [-0.05, 0) is 56.3 Å². The molecule has 2 rings (SSSR count). The third-order valence-corrected chi connectivity index (χ3v) is 3.51. The van der Waals surface area contributed by atoms with E-state index in [0.29, 0.717) is 22.5 Å². The molecule has 0 aliphatic rings. The van der Waals surface area contributed by atoms with E-state index in [2.05, 4.69) is 10.6 Å². The Labute approximate surface area is 151 Å². The summed E-state index contributed by atoms with van der Waals surface area (Å²) in [5.74, 6) is -0.961. The first-order valence-corrected chi connectivity index (χ1v) is 7.81. The molecule has 0 radical (unpaired) electrons. The zero-order valence-corrected chi connectivity index (χ0v) is 14.4. The number of ketones is 1. The average Bonchev–Trinajstić information content (AvgIpc) is 2.62. The zero-order valence-electron chi connectivity index (χ0n) is 14.4. The van der Waals surface area contributed by atoms with Crippen molar-refractivity contribution in [3.63, 3.8) is 0 Å². The molecule has 26 heavy (non-hydrogen) atoms. The highest BCUT2D eigenvalue weighted by molar-refractivity contribution is 6.10. The van der Waals surface area contributed by atoms with Crippen LogP contribution in [-0.4, -0.2) is 17.6 Å². The lowest BCUT2D eigenvalue weighted by molar-refractivity contribution is -0.114. The van der Waals surface area contributed by atoms with Crippen LogP contribution < -0.4 is 10.6 Å². The van der Waals surface area contributed by atoms with Crippen molar-refractivity contribution < 1.29 is 14.4 Å². The van der Waals surface area contributed by atoms with E-state index >= 15 is 0 Å². The van der Waals surface area contributed by atoms with Gasteiger partial charge in [0.2, 0.25) is 5.91 Å². The molecule has 6 heteroatoms. The van der Waals surface area contributed by atoms with Crippen LogP contribution in [0.4, 0.5) is 11.4 Å². The second-order valence-corrected chi connectivity index (χ2v) is 5.60. The molecule has 0 atom stereocenters. The van der Waals surface area contributed by atoms with Gasteiger partial charge in [-0.2, -0.15) is 5.26 Å². The average molecular weight is 347 g/mol. The van der Waals surface area contributed by atoms with Gasteiger partial charge in [-0.3, -0.25) is 14.4 Å². The Morgan fingerprint density at radius 3 is 2.27 bits per heavy atom. The molecule has 0 unspecified atom stereocenters. The van der Waals surface area contributed by atoms with Crippen molar-refractivity contribution in [1.29, 1.82) is 5.26 Å². The molecule has 2 N–H and O–H groups in total. The van der Waals surface area contributed by atoms with Gasteiger partial charge in [-0.1, -0.05) is 6.07 Å². The lowest BCUT2D eigenvalue weighted by Crippen LogP contribution is -2.16. The van der Waals surface area contributed by atoms with E-state index < -0.39 is 11.8 Å². The molecule has 0 heterocycles. The molecular weight excluding hydrogens is 330 g/mol. The van der Waals surface area contributed by atoms with Crippen molar-refractivity contribution >= 4 is 29.0 Å². The van der Waals surface area contributed by atoms with Crippen molar-refractivity contribution in [3.05, 3.63) is 71.3 Å². The van der Waals surface area contributed by atoms with E-state index in [1.807, 2.05) is 6.07 Å². The maximum absolute atomic E-state index is 12.2. The summed E-state index contributed by atoms with van der Waals surface area (Å²) in [6.45, 7) is 2.98. The number of amides is 2. The van der Waals surface area contributed by atoms with E-state index in [4.69, 9.17) is 5.26 Å². The van der Waals surface area contributed by atoms with Crippen LogP contribution in [0.1, 0.15) is 29.8 Å². The summed E-state index contributed by atoms with van der Waals surface area (Å²) in [6.07, 6.45) is 1.18. The Morgan fingerprint density at radius 1 is 0.962 bits per heavy atom. The highest BCUT2D eigenvalue weighted by Gasteiger charge is 2.08. The first-order valence-electron chi connectivity index (χ1n) is 7.81. The summed E-state index contributed by atoms with van der Waals surface area (Å²) in [4.78, 5) is 35.4. The van der Waals surface area contributed by atoms with Gasteiger partial charge in [0.05, 0.1) is 11.6 Å².